The molecule has 1 aromatic rings. The second-order valence-corrected chi connectivity index (χ2v) is 3.72. The van der Waals surface area contributed by atoms with Gasteiger partial charge in [-0.3, -0.25) is 4.79 Å². The lowest BCUT2D eigenvalue weighted by molar-refractivity contribution is 0.0937. The van der Waals surface area contributed by atoms with Crippen LogP contribution < -0.4 is 15.8 Å². The fraction of sp³-hybridized carbons (Fsp3) is 0.600. The summed E-state index contributed by atoms with van der Waals surface area (Å²) in [6, 6.07) is 0.162. The van der Waals surface area contributed by atoms with Crippen molar-refractivity contribution in [3.8, 4) is 0 Å². The van der Waals surface area contributed by atoms with Crippen molar-refractivity contribution in [3.05, 3.63) is 22.7 Å². The third-order valence-electron chi connectivity index (χ3n) is 2.63. The number of aromatic amines is 1. The molecule has 1 unspecified atom stereocenters. The summed E-state index contributed by atoms with van der Waals surface area (Å²) in [4.78, 5) is 20.4. The maximum atomic E-state index is 11.6. The smallest absolute Gasteiger partial charge is 0.290 e. The number of anilines is 1. The van der Waals surface area contributed by atoms with E-state index in [0.717, 1.165) is 6.54 Å². The predicted octanol–water partition coefficient (Wildman–Crippen LogP) is -0.805. The van der Waals surface area contributed by atoms with Crippen molar-refractivity contribution >= 4 is 5.82 Å². The van der Waals surface area contributed by atoms with Crippen molar-refractivity contribution in [3.63, 3.8) is 0 Å². The summed E-state index contributed by atoms with van der Waals surface area (Å²) in [6.07, 6.45) is 3.14. The van der Waals surface area contributed by atoms with Crippen molar-refractivity contribution in [1.29, 1.82) is 0 Å². The Morgan fingerprint density at radius 1 is 1.75 bits per heavy atom. The number of rotatable bonds is 3. The van der Waals surface area contributed by atoms with Crippen LogP contribution in [0.4, 0.5) is 5.82 Å². The van der Waals surface area contributed by atoms with Crippen LogP contribution in [0.25, 0.3) is 0 Å². The molecule has 0 aliphatic carbocycles. The van der Waals surface area contributed by atoms with Crippen molar-refractivity contribution < 1.29 is 4.74 Å². The van der Waals surface area contributed by atoms with E-state index in [9.17, 15) is 4.79 Å². The molecule has 6 heteroatoms. The summed E-state index contributed by atoms with van der Waals surface area (Å²) in [5.74, 6) is 0.478. The molecule has 0 spiro atoms. The van der Waals surface area contributed by atoms with E-state index in [-0.39, 0.29) is 11.6 Å². The Bertz CT molecular complexity index is 390. The predicted molar refractivity (Wildman–Crippen MR) is 60.7 cm³/mol. The Labute approximate surface area is 93.6 Å². The summed E-state index contributed by atoms with van der Waals surface area (Å²) >= 11 is 0. The van der Waals surface area contributed by atoms with E-state index in [0.29, 0.717) is 25.6 Å². The molecular formula is C10H16N4O2. The number of H-pyrrole nitrogens is 1. The molecule has 6 nitrogen and oxygen atoms in total. The van der Waals surface area contributed by atoms with Gasteiger partial charge in [-0.2, -0.15) is 0 Å². The van der Waals surface area contributed by atoms with Crippen LogP contribution in [0.3, 0.4) is 0 Å². The summed E-state index contributed by atoms with van der Waals surface area (Å²) in [6.45, 7) is 2.73. The van der Waals surface area contributed by atoms with Gasteiger partial charge in [0.05, 0.1) is 19.3 Å². The number of nitrogens with zero attached hydrogens (tertiary/aromatic N) is 2. The largest absolute Gasteiger partial charge is 0.377 e. The van der Waals surface area contributed by atoms with Crippen molar-refractivity contribution in [2.75, 3.05) is 38.3 Å². The number of likely N-dealkylation sites (N-methyl/N-ethyl adjacent to an activating group) is 1. The maximum absolute atomic E-state index is 11.6. The van der Waals surface area contributed by atoms with E-state index in [2.05, 4.69) is 15.3 Å². The van der Waals surface area contributed by atoms with Crippen LogP contribution in [0.2, 0.25) is 0 Å². The SMILES string of the molecule is CNCC1COCCN1c1ncc[nH]c1=O. The van der Waals surface area contributed by atoms with Crippen LogP contribution in [0.1, 0.15) is 0 Å². The fourth-order valence-electron chi connectivity index (χ4n) is 1.89. The van der Waals surface area contributed by atoms with Gasteiger partial charge in [0, 0.05) is 25.5 Å². The second-order valence-electron chi connectivity index (χ2n) is 3.72. The van der Waals surface area contributed by atoms with E-state index < -0.39 is 0 Å². The van der Waals surface area contributed by atoms with Gasteiger partial charge in [0.1, 0.15) is 0 Å². The van der Waals surface area contributed by atoms with Crippen molar-refractivity contribution in [1.82, 2.24) is 15.3 Å². The van der Waals surface area contributed by atoms with Gasteiger partial charge in [-0.25, -0.2) is 4.98 Å². The van der Waals surface area contributed by atoms with E-state index >= 15 is 0 Å². The Morgan fingerprint density at radius 3 is 3.38 bits per heavy atom. The first-order valence-corrected chi connectivity index (χ1v) is 5.35. The van der Waals surface area contributed by atoms with Gasteiger partial charge in [0.2, 0.25) is 0 Å². The minimum atomic E-state index is -0.148. The molecule has 1 aromatic heterocycles. The fourth-order valence-corrected chi connectivity index (χ4v) is 1.89. The molecule has 0 bridgehead atoms. The zero-order valence-electron chi connectivity index (χ0n) is 9.27. The Kier molecular flexibility index (Phi) is 3.53. The average molecular weight is 224 g/mol. The number of hydrogen-bond donors (Lipinski definition) is 2. The molecule has 0 saturated carbocycles. The first-order valence-electron chi connectivity index (χ1n) is 5.35. The highest BCUT2D eigenvalue weighted by atomic mass is 16.5. The molecule has 88 valence electrons. The quantitative estimate of drug-likeness (QED) is 0.703. The second kappa shape index (κ2) is 5.09. The molecule has 2 heterocycles. The molecule has 1 atom stereocenters. The summed E-state index contributed by atoms with van der Waals surface area (Å²) in [7, 11) is 1.88. The minimum absolute atomic E-state index is 0.148. The average Bonchev–Trinajstić information content (AvgIpc) is 2.31. The van der Waals surface area contributed by atoms with Gasteiger partial charge in [-0.05, 0) is 7.05 Å². The summed E-state index contributed by atoms with van der Waals surface area (Å²) < 4.78 is 5.40. The highest BCUT2D eigenvalue weighted by molar-refractivity contribution is 5.37. The molecule has 2 rings (SSSR count). The van der Waals surface area contributed by atoms with Gasteiger partial charge in [0.25, 0.3) is 5.56 Å². The molecular weight excluding hydrogens is 208 g/mol. The lowest BCUT2D eigenvalue weighted by Crippen LogP contribution is -2.52. The van der Waals surface area contributed by atoms with Gasteiger partial charge in [0.15, 0.2) is 5.82 Å². The van der Waals surface area contributed by atoms with Crippen molar-refractivity contribution in [2.45, 2.75) is 6.04 Å². The van der Waals surface area contributed by atoms with Crippen LogP contribution >= 0.6 is 0 Å². The lowest BCUT2D eigenvalue weighted by atomic mass is 10.2. The Hall–Kier alpha value is -1.40. The maximum Gasteiger partial charge on any atom is 0.290 e. The number of hydrogen-bond acceptors (Lipinski definition) is 5. The first kappa shape index (κ1) is 11.1. The summed E-state index contributed by atoms with van der Waals surface area (Å²) in [5.41, 5.74) is -0.148. The third kappa shape index (κ3) is 2.23. The van der Waals surface area contributed by atoms with E-state index in [4.69, 9.17) is 4.74 Å². The molecule has 1 aliphatic heterocycles. The zero-order valence-corrected chi connectivity index (χ0v) is 9.27. The molecule has 0 amide bonds. The van der Waals surface area contributed by atoms with Gasteiger partial charge < -0.3 is 19.9 Å². The van der Waals surface area contributed by atoms with Crippen molar-refractivity contribution in [2.24, 2.45) is 0 Å². The van der Waals surface area contributed by atoms with Crippen LogP contribution in [0.5, 0.6) is 0 Å². The molecule has 16 heavy (non-hydrogen) atoms. The standard InChI is InChI=1S/C10H16N4O2/c1-11-6-8-7-16-5-4-14(8)9-10(15)13-3-2-12-9/h2-3,8,11H,4-7H2,1H3,(H,13,15). The van der Waals surface area contributed by atoms with Gasteiger partial charge in [-0.15, -0.1) is 0 Å². The zero-order chi connectivity index (χ0) is 11.4. The first-order chi connectivity index (χ1) is 7.83. The minimum Gasteiger partial charge on any atom is -0.377 e. The van der Waals surface area contributed by atoms with Gasteiger partial charge >= 0.3 is 0 Å². The highest BCUT2D eigenvalue weighted by Crippen LogP contribution is 2.11. The molecule has 1 fully saturated rings. The summed E-state index contributed by atoms with van der Waals surface area (Å²) in [5, 5.41) is 3.09. The normalized spacial score (nSPS) is 21.1. The number of morpholine rings is 1. The number of ether oxygens (including phenoxy) is 1. The topological polar surface area (TPSA) is 70.2 Å². The van der Waals surface area contributed by atoms with Crippen LogP contribution in [-0.4, -0.2) is 49.4 Å². The molecule has 0 radical (unpaired) electrons. The molecule has 0 aromatic carbocycles. The number of nitrogens with one attached hydrogen (secondary N) is 2. The molecule has 1 saturated heterocycles. The van der Waals surface area contributed by atoms with E-state index in [1.807, 2.05) is 11.9 Å². The lowest BCUT2D eigenvalue weighted by Gasteiger charge is -2.35. The van der Waals surface area contributed by atoms with E-state index in [1.54, 1.807) is 12.4 Å². The Balaban J connectivity index is 2.23. The third-order valence-corrected chi connectivity index (χ3v) is 2.63. The van der Waals surface area contributed by atoms with Crippen LogP contribution in [0.15, 0.2) is 17.2 Å². The van der Waals surface area contributed by atoms with E-state index in [1.165, 1.54) is 0 Å². The van der Waals surface area contributed by atoms with Crippen LogP contribution in [-0.2, 0) is 4.74 Å². The molecule has 1 aliphatic rings. The Morgan fingerprint density at radius 2 is 2.62 bits per heavy atom. The molecule has 2 N–H and O–H groups in total. The highest BCUT2D eigenvalue weighted by Gasteiger charge is 2.25. The van der Waals surface area contributed by atoms with Crippen LogP contribution in [0, 0.1) is 0 Å². The number of aromatic nitrogens is 2. The monoisotopic (exact) mass is 224 g/mol. The van der Waals surface area contributed by atoms with Gasteiger partial charge in [-0.1, -0.05) is 0 Å².